The van der Waals surface area contributed by atoms with Crippen molar-refractivity contribution in [2.45, 2.75) is 31.6 Å². The summed E-state index contributed by atoms with van der Waals surface area (Å²) in [5, 5.41) is 5.29. The number of hydrogen-bond acceptors (Lipinski definition) is 2. The van der Waals surface area contributed by atoms with Gasteiger partial charge in [0, 0.05) is 17.6 Å². The molecule has 0 aliphatic heterocycles. The summed E-state index contributed by atoms with van der Waals surface area (Å²) in [5.41, 5.74) is 2.58. The van der Waals surface area contributed by atoms with E-state index in [2.05, 4.69) is 17.6 Å². The number of anilines is 1. The van der Waals surface area contributed by atoms with Crippen LogP contribution < -0.4 is 10.6 Å². The van der Waals surface area contributed by atoms with E-state index in [1.54, 1.807) is 24.3 Å². The molecule has 0 aromatic heterocycles. The van der Waals surface area contributed by atoms with Gasteiger partial charge < -0.3 is 10.6 Å². The van der Waals surface area contributed by atoms with Crippen molar-refractivity contribution in [2.24, 2.45) is 0 Å². The highest BCUT2D eigenvalue weighted by atomic mass is 19.1. The highest BCUT2D eigenvalue weighted by Crippen LogP contribution is 2.47. The molecular formula is C20H21FN2O2. The lowest BCUT2D eigenvalue weighted by atomic mass is 9.96. The lowest BCUT2D eigenvalue weighted by molar-refractivity contribution is -0.136. The van der Waals surface area contributed by atoms with E-state index in [4.69, 9.17) is 0 Å². The SMILES string of the molecule is CCc1ccc(NC(=O)C(=O)NCC2(c3ccc(F)cc3)CC2)cc1. The average molecular weight is 340 g/mol. The first kappa shape index (κ1) is 17.1. The first-order valence-corrected chi connectivity index (χ1v) is 8.46. The molecule has 1 aliphatic carbocycles. The number of aryl methyl sites for hydroxylation is 1. The number of benzene rings is 2. The molecule has 4 nitrogen and oxygen atoms in total. The Bertz CT molecular complexity index is 765. The normalized spacial score (nSPS) is 14.6. The number of hydrogen-bond donors (Lipinski definition) is 2. The Morgan fingerprint density at radius 1 is 1.00 bits per heavy atom. The first-order chi connectivity index (χ1) is 12.0. The van der Waals surface area contributed by atoms with Crippen molar-refractivity contribution < 1.29 is 14.0 Å². The molecule has 3 rings (SSSR count). The van der Waals surface area contributed by atoms with Crippen LogP contribution in [0.2, 0.25) is 0 Å². The van der Waals surface area contributed by atoms with Crippen molar-refractivity contribution in [1.29, 1.82) is 0 Å². The van der Waals surface area contributed by atoms with Gasteiger partial charge in [-0.15, -0.1) is 0 Å². The third kappa shape index (κ3) is 4.05. The standard InChI is InChI=1S/C20H21FN2O2/c1-2-14-3-9-17(10-4-14)23-19(25)18(24)22-13-20(11-12-20)15-5-7-16(21)8-6-15/h3-10H,2,11-13H2,1H3,(H,22,24)(H,23,25). The molecule has 25 heavy (non-hydrogen) atoms. The Balaban J connectivity index is 1.54. The summed E-state index contributed by atoms with van der Waals surface area (Å²) in [7, 11) is 0. The minimum Gasteiger partial charge on any atom is -0.347 e. The van der Waals surface area contributed by atoms with Gasteiger partial charge in [-0.2, -0.15) is 0 Å². The van der Waals surface area contributed by atoms with E-state index >= 15 is 0 Å². The Hall–Kier alpha value is -2.69. The molecule has 0 saturated heterocycles. The molecular weight excluding hydrogens is 319 g/mol. The second-order valence-electron chi connectivity index (χ2n) is 6.47. The number of halogens is 1. The zero-order chi connectivity index (χ0) is 17.9. The lowest BCUT2D eigenvalue weighted by Gasteiger charge is -2.16. The van der Waals surface area contributed by atoms with E-state index in [1.807, 2.05) is 12.1 Å². The van der Waals surface area contributed by atoms with Gasteiger partial charge in [-0.3, -0.25) is 9.59 Å². The Morgan fingerprint density at radius 2 is 1.64 bits per heavy atom. The topological polar surface area (TPSA) is 58.2 Å². The minimum absolute atomic E-state index is 0.174. The van der Waals surface area contributed by atoms with Crippen LogP contribution in [0.5, 0.6) is 0 Å². The number of carbonyl (C=O) groups excluding carboxylic acids is 2. The van der Waals surface area contributed by atoms with Crippen molar-refractivity contribution in [1.82, 2.24) is 5.32 Å². The number of carbonyl (C=O) groups is 2. The molecule has 1 fully saturated rings. The molecule has 2 aromatic carbocycles. The van der Waals surface area contributed by atoms with Crippen LogP contribution in [-0.2, 0) is 21.4 Å². The van der Waals surface area contributed by atoms with Crippen LogP contribution in [0.1, 0.15) is 30.9 Å². The van der Waals surface area contributed by atoms with Crippen LogP contribution in [0, 0.1) is 5.82 Å². The van der Waals surface area contributed by atoms with Crippen LogP contribution in [0.25, 0.3) is 0 Å². The van der Waals surface area contributed by atoms with Gasteiger partial charge in [0.15, 0.2) is 0 Å². The molecule has 5 heteroatoms. The number of nitrogens with one attached hydrogen (secondary N) is 2. The molecule has 0 unspecified atom stereocenters. The highest BCUT2D eigenvalue weighted by molar-refractivity contribution is 6.39. The Labute approximate surface area is 146 Å². The van der Waals surface area contributed by atoms with Crippen molar-refractivity contribution in [3.8, 4) is 0 Å². The fraction of sp³-hybridized carbons (Fsp3) is 0.300. The molecule has 0 atom stereocenters. The average Bonchev–Trinajstić information content (AvgIpc) is 3.42. The predicted molar refractivity (Wildman–Crippen MR) is 94.8 cm³/mol. The highest BCUT2D eigenvalue weighted by Gasteiger charge is 2.44. The van der Waals surface area contributed by atoms with E-state index in [-0.39, 0.29) is 11.2 Å². The summed E-state index contributed by atoms with van der Waals surface area (Å²) in [4.78, 5) is 24.1. The molecule has 0 bridgehead atoms. The van der Waals surface area contributed by atoms with Crippen molar-refractivity contribution >= 4 is 17.5 Å². The zero-order valence-electron chi connectivity index (χ0n) is 14.1. The van der Waals surface area contributed by atoms with Gasteiger partial charge in [-0.1, -0.05) is 31.2 Å². The van der Waals surface area contributed by atoms with Crippen molar-refractivity contribution in [2.75, 3.05) is 11.9 Å². The fourth-order valence-electron chi connectivity index (χ4n) is 2.86. The molecule has 1 aliphatic rings. The maximum atomic E-state index is 13.0. The molecule has 0 heterocycles. The second kappa shape index (κ2) is 7.05. The molecule has 0 radical (unpaired) electrons. The van der Waals surface area contributed by atoms with E-state index in [0.29, 0.717) is 12.2 Å². The smallest absolute Gasteiger partial charge is 0.313 e. The molecule has 2 amide bonds. The third-order valence-electron chi connectivity index (χ3n) is 4.72. The van der Waals surface area contributed by atoms with Crippen LogP contribution in [0.3, 0.4) is 0 Å². The van der Waals surface area contributed by atoms with Gasteiger partial charge in [0.2, 0.25) is 0 Å². The summed E-state index contributed by atoms with van der Waals surface area (Å²) < 4.78 is 13.0. The summed E-state index contributed by atoms with van der Waals surface area (Å²) in [6, 6.07) is 13.7. The summed E-state index contributed by atoms with van der Waals surface area (Å²) >= 11 is 0. The monoisotopic (exact) mass is 340 g/mol. The number of rotatable bonds is 5. The minimum atomic E-state index is -0.681. The summed E-state index contributed by atoms with van der Waals surface area (Å²) in [5.74, 6) is -1.62. The Morgan fingerprint density at radius 3 is 2.20 bits per heavy atom. The van der Waals surface area contributed by atoms with Crippen LogP contribution in [-0.4, -0.2) is 18.4 Å². The van der Waals surface area contributed by atoms with Gasteiger partial charge in [-0.05, 0) is 54.7 Å². The van der Waals surface area contributed by atoms with Crippen molar-refractivity contribution in [3.63, 3.8) is 0 Å². The molecule has 1 saturated carbocycles. The van der Waals surface area contributed by atoms with Gasteiger partial charge in [-0.25, -0.2) is 4.39 Å². The predicted octanol–water partition coefficient (Wildman–Crippen LogP) is 3.17. The van der Waals surface area contributed by atoms with Crippen molar-refractivity contribution in [3.05, 3.63) is 65.5 Å². The van der Waals surface area contributed by atoms with E-state index in [0.717, 1.165) is 30.4 Å². The largest absolute Gasteiger partial charge is 0.347 e. The summed E-state index contributed by atoms with van der Waals surface area (Å²) in [6.45, 7) is 2.43. The van der Waals surface area contributed by atoms with Gasteiger partial charge >= 0.3 is 11.8 Å². The lowest BCUT2D eigenvalue weighted by Crippen LogP contribution is -2.39. The van der Waals surface area contributed by atoms with Gasteiger partial charge in [0.25, 0.3) is 0 Å². The molecule has 130 valence electrons. The third-order valence-corrected chi connectivity index (χ3v) is 4.72. The van der Waals surface area contributed by atoms with Crippen LogP contribution in [0.15, 0.2) is 48.5 Å². The molecule has 2 aromatic rings. The maximum Gasteiger partial charge on any atom is 0.313 e. The van der Waals surface area contributed by atoms with E-state index in [1.165, 1.54) is 12.1 Å². The van der Waals surface area contributed by atoms with Crippen LogP contribution >= 0.6 is 0 Å². The van der Waals surface area contributed by atoms with Gasteiger partial charge in [0.05, 0.1) is 0 Å². The summed E-state index contributed by atoms with van der Waals surface area (Å²) in [6.07, 6.45) is 2.75. The Kier molecular flexibility index (Phi) is 4.83. The number of amides is 2. The van der Waals surface area contributed by atoms with Crippen LogP contribution in [0.4, 0.5) is 10.1 Å². The fourth-order valence-corrected chi connectivity index (χ4v) is 2.86. The van der Waals surface area contributed by atoms with E-state index in [9.17, 15) is 14.0 Å². The van der Waals surface area contributed by atoms with E-state index < -0.39 is 11.8 Å². The molecule has 0 spiro atoms. The molecule has 2 N–H and O–H groups in total. The zero-order valence-corrected chi connectivity index (χ0v) is 14.1. The van der Waals surface area contributed by atoms with Gasteiger partial charge in [0.1, 0.15) is 5.82 Å². The first-order valence-electron chi connectivity index (χ1n) is 8.46. The second-order valence-corrected chi connectivity index (χ2v) is 6.47. The maximum absolute atomic E-state index is 13.0. The quantitative estimate of drug-likeness (QED) is 0.822.